The van der Waals surface area contributed by atoms with Crippen molar-refractivity contribution in [2.45, 2.75) is 6.42 Å². The highest BCUT2D eigenvalue weighted by Gasteiger charge is 2.18. The zero-order valence-corrected chi connectivity index (χ0v) is 11.8. The van der Waals surface area contributed by atoms with Gasteiger partial charge in [0.2, 0.25) is 0 Å². The monoisotopic (exact) mass is 306 g/mol. The number of rotatable bonds is 6. The zero-order chi connectivity index (χ0) is 15.9. The molecule has 0 radical (unpaired) electrons. The summed E-state index contributed by atoms with van der Waals surface area (Å²) in [5, 5.41) is 11.8. The lowest BCUT2D eigenvalue weighted by Gasteiger charge is -2.15. The highest BCUT2D eigenvalue weighted by atomic mass is 19.1. The van der Waals surface area contributed by atoms with Crippen molar-refractivity contribution in [2.24, 2.45) is 5.92 Å². The largest absolute Gasteiger partial charge is 0.396 e. The van der Waals surface area contributed by atoms with E-state index in [2.05, 4.69) is 10.3 Å². The van der Waals surface area contributed by atoms with Gasteiger partial charge in [0.15, 0.2) is 0 Å². The Balaban J connectivity index is 1.97. The smallest absolute Gasteiger partial charge is 0.257 e. The van der Waals surface area contributed by atoms with Gasteiger partial charge in [0.25, 0.3) is 5.91 Å². The standard InChI is InChI=1S/C16H16F2N2O2/c17-13-5-3-6-14(18)15(13)16(22)20-9-11(10-21)8-12-4-1-2-7-19-12/h1-7,11,21H,8-10H2,(H,20,22). The Morgan fingerprint density at radius 2 is 1.91 bits per heavy atom. The molecule has 22 heavy (non-hydrogen) atoms. The molecule has 0 saturated carbocycles. The van der Waals surface area contributed by atoms with Gasteiger partial charge in [0.1, 0.15) is 17.2 Å². The molecule has 1 heterocycles. The van der Waals surface area contributed by atoms with Crippen molar-refractivity contribution in [3.05, 3.63) is 65.5 Å². The summed E-state index contributed by atoms with van der Waals surface area (Å²) in [7, 11) is 0. The van der Waals surface area contributed by atoms with Crippen LogP contribution in [0, 0.1) is 17.6 Å². The van der Waals surface area contributed by atoms with Crippen LogP contribution in [-0.2, 0) is 6.42 Å². The molecule has 0 aliphatic rings. The van der Waals surface area contributed by atoms with Crippen molar-refractivity contribution in [1.82, 2.24) is 10.3 Å². The fourth-order valence-electron chi connectivity index (χ4n) is 2.06. The Bertz CT molecular complexity index is 615. The van der Waals surface area contributed by atoms with Gasteiger partial charge in [-0.05, 0) is 30.7 Å². The average molecular weight is 306 g/mol. The lowest BCUT2D eigenvalue weighted by atomic mass is 10.0. The van der Waals surface area contributed by atoms with Gasteiger partial charge in [-0.2, -0.15) is 0 Å². The molecule has 0 fully saturated rings. The number of aliphatic hydroxyl groups is 1. The van der Waals surface area contributed by atoms with Crippen LogP contribution in [0.1, 0.15) is 16.1 Å². The summed E-state index contributed by atoms with van der Waals surface area (Å²) >= 11 is 0. The van der Waals surface area contributed by atoms with E-state index < -0.39 is 23.1 Å². The summed E-state index contributed by atoms with van der Waals surface area (Å²) in [6.45, 7) is -0.0731. The van der Waals surface area contributed by atoms with E-state index in [-0.39, 0.29) is 19.1 Å². The van der Waals surface area contributed by atoms with Crippen LogP contribution in [0.25, 0.3) is 0 Å². The highest BCUT2D eigenvalue weighted by Crippen LogP contribution is 2.12. The van der Waals surface area contributed by atoms with Crippen molar-refractivity contribution in [1.29, 1.82) is 0 Å². The summed E-state index contributed by atoms with van der Waals surface area (Å²) in [6.07, 6.45) is 2.09. The van der Waals surface area contributed by atoms with Gasteiger partial charge < -0.3 is 10.4 Å². The maximum absolute atomic E-state index is 13.5. The molecule has 1 unspecified atom stereocenters. The Hall–Kier alpha value is -2.34. The zero-order valence-electron chi connectivity index (χ0n) is 11.8. The summed E-state index contributed by atoms with van der Waals surface area (Å²) in [6, 6.07) is 8.65. The van der Waals surface area contributed by atoms with E-state index in [1.807, 2.05) is 6.07 Å². The summed E-state index contributed by atoms with van der Waals surface area (Å²) < 4.78 is 27.0. The second-order valence-electron chi connectivity index (χ2n) is 4.88. The molecule has 0 aliphatic heterocycles. The molecule has 1 aromatic carbocycles. The minimum Gasteiger partial charge on any atom is -0.396 e. The Labute approximate surface area is 126 Å². The van der Waals surface area contributed by atoms with Crippen LogP contribution in [0.5, 0.6) is 0 Å². The fourth-order valence-corrected chi connectivity index (χ4v) is 2.06. The number of benzene rings is 1. The van der Waals surface area contributed by atoms with Gasteiger partial charge in [-0.3, -0.25) is 9.78 Å². The van der Waals surface area contributed by atoms with Crippen molar-refractivity contribution >= 4 is 5.91 Å². The minimum atomic E-state index is -0.914. The number of nitrogens with zero attached hydrogens (tertiary/aromatic N) is 1. The third kappa shape index (κ3) is 4.08. The van der Waals surface area contributed by atoms with Crippen LogP contribution < -0.4 is 5.32 Å². The van der Waals surface area contributed by atoms with E-state index >= 15 is 0 Å². The van der Waals surface area contributed by atoms with E-state index in [1.165, 1.54) is 6.07 Å². The van der Waals surface area contributed by atoms with Gasteiger partial charge in [-0.25, -0.2) is 8.78 Å². The predicted molar refractivity (Wildman–Crippen MR) is 77.2 cm³/mol. The number of pyridine rings is 1. The first-order chi connectivity index (χ1) is 10.6. The number of hydrogen-bond donors (Lipinski definition) is 2. The molecule has 0 aliphatic carbocycles. The van der Waals surface area contributed by atoms with Gasteiger partial charge in [-0.15, -0.1) is 0 Å². The first-order valence-corrected chi connectivity index (χ1v) is 6.84. The van der Waals surface area contributed by atoms with Gasteiger partial charge in [0, 0.05) is 31.0 Å². The first kappa shape index (κ1) is 16.0. The van der Waals surface area contributed by atoms with Gasteiger partial charge in [0.05, 0.1) is 0 Å². The second kappa shape index (κ2) is 7.61. The predicted octanol–water partition coefficient (Wildman–Crippen LogP) is 1.94. The molecule has 1 aromatic heterocycles. The molecule has 4 nitrogen and oxygen atoms in total. The molecule has 6 heteroatoms. The third-order valence-corrected chi connectivity index (χ3v) is 3.22. The van der Waals surface area contributed by atoms with Crippen LogP contribution in [-0.4, -0.2) is 29.1 Å². The van der Waals surface area contributed by atoms with Crippen molar-refractivity contribution in [3.63, 3.8) is 0 Å². The second-order valence-corrected chi connectivity index (χ2v) is 4.88. The van der Waals surface area contributed by atoms with E-state index in [1.54, 1.807) is 18.3 Å². The fraction of sp³-hybridized carbons (Fsp3) is 0.250. The lowest BCUT2D eigenvalue weighted by Crippen LogP contribution is -2.33. The quantitative estimate of drug-likeness (QED) is 0.857. The SMILES string of the molecule is O=C(NCC(CO)Cc1ccccn1)c1c(F)cccc1F. The van der Waals surface area contributed by atoms with E-state index in [4.69, 9.17) is 0 Å². The summed E-state index contributed by atoms with van der Waals surface area (Å²) in [5.74, 6) is -2.95. The molecule has 0 spiro atoms. The van der Waals surface area contributed by atoms with Crippen LogP contribution in [0.15, 0.2) is 42.6 Å². The van der Waals surface area contributed by atoms with E-state index in [9.17, 15) is 18.7 Å². The molecular formula is C16H16F2N2O2. The van der Waals surface area contributed by atoms with E-state index in [0.29, 0.717) is 6.42 Å². The number of nitrogens with one attached hydrogen (secondary N) is 1. The van der Waals surface area contributed by atoms with Gasteiger partial charge in [-0.1, -0.05) is 12.1 Å². The Morgan fingerprint density at radius 3 is 2.50 bits per heavy atom. The number of carbonyl (C=O) groups excluding carboxylic acids is 1. The molecule has 0 bridgehead atoms. The number of halogens is 2. The molecule has 2 rings (SSSR count). The van der Waals surface area contributed by atoms with Crippen LogP contribution in [0.2, 0.25) is 0 Å². The Kier molecular flexibility index (Phi) is 5.55. The third-order valence-electron chi connectivity index (χ3n) is 3.22. The molecule has 116 valence electrons. The first-order valence-electron chi connectivity index (χ1n) is 6.84. The average Bonchev–Trinajstić information content (AvgIpc) is 2.52. The van der Waals surface area contributed by atoms with Crippen molar-refractivity contribution in [2.75, 3.05) is 13.2 Å². The highest BCUT2D eigenvalue weighted by molar-refractivity contribution is 5.94. The number of hydrogen-bond acceptors (Lipinski definition) is 3. The number of amides is 1. The lowest BCUT2D eigenvalue weighted by molar-refractivity contribution is 0.0931. The van der Waals surface area contributed by atoms with E-state index in [0.717, 1.165) is 17.8 Å². The van der Waals surface area contributed by atoms with Crippen molar-refractivity contribution in [3.8, 4) is 0 Å². The van der Waals surface area contributed by atoms with Crippen LogP contribution >= 0.6 is 0 Å². The van der Waals surface area contributed by atoms with Crippen LogP contribution in [0.3, 0.4) is 0 Å². The topological polar surface area (TPSA) is 62.2 Å². The number of aromatic nitrogens is 1. The molecule has 0 saturated heterocycles. The number of aliphatic hydroxyl groups excluding tert-OH is 1. The van der Waals surface area contributed by atoms with Crippen molar-refractivity contribution < 1.29 is 18.7 Å². The molecule has 2 N–H and O–H groups in total. The Morgan fingerprint density at radius 1 is 1.18 bits per heavy atom. The maximum atomic E-state index is 13.5. The minimum absolute atomic E-state index is 0.0969. The van der Waals surface area contributed by atoms with Gasteiger partial charge >= 0.3 is 0 Å². The number of carbonyl (C=O) groups is 1. The normalized spacial score (nSPS) is 12.0. The summed E-state index contributed by atoms with van der Waals surface area (Å²) in [5.41, 5.74) is 0.157. The molecule has 2 aromatic rings. The summed E-state index contributed by atoms with van der Waals surface area (Å²) in [4.78, 5) is 16.0. The molecule has 1 amide bonds. The maximum Gasteiger partial charge on any atom is 0.257 e. The van der Waals surface area contributed by atoms with Crippen LogP contribution in [0.4, 0.5) is 8.78 Å². The molecule has 1 atom stereocenters. The molecular weight excluding hydrogens is 290 g/mol.